The van der Waals surface area contributed by atoms with Gasteiger partial charge in [-0.15, -0.1) is 10.2 Å². The SMILES string of the molecule is Cc1nnc2n1-c1ccc(-c3cnn(CCOCCOCCOCCN=[N+]=[N-])c3)cc1C(c1ccc(Cl)cc1)=N[C@H]2C. The first-order valence-corrected chi connectivity index (χ1v) is 14.1. The summed E-state index contributed by atoms with van der Waals surface area (Å²) < 4.78 is 20.4. The Morgan fingerprint density at radius 1 is 0.929 bits per heavy atom. The Kier molecular flexibility index (Phi) is 9.96. The summed E-state index contributed by atoms with van der Waals surface area (Å²) in [5, 5.41) is 17.4. The highest BCUT2D eigenvalue weighted by Crippen LogP contribution is 2.33. The minimum Gasteiger partial charge on any atom is -0.379 e. The molecule has 3 heterocycles. The maximum Gasteiger partial charge on any atom is 0.162 e. The molecule has 0 unspecified atom stereocenters. The molecule has 13 heteroatoms. The molecule has 218 valence electrons. The standard InChI is InChI=1S/C29H32ClN9O3/c1-20-29-36-35-21(2)39(29)27-8-5-23(17-26(27)28(34-20)22-3-6-25(30)7-4-22)24-18-33-38(19-24)10-12-41-14-16-42-15-13-40-11-9-32-37-31/h3-8,17-20H,9-16H2,1-2H3/t20-/m0/s1. The number of ether oxygens (including phenoxy) is 3. The van der Waals surface area contributed by atoms with Crippen molar-refractivity contribution in [2.45, 2.75) is 26.4 Å². The zero-order chi connectivity index (χ0) is 29.3. The topological polar surface area (TPSA) is 137 Å². The summed E-state index contributed by atoms with van der Waals surface area (Å²) in [6.07, 6.45) is 3.88. The van der Waals surface area contributed by atoms with Crippen LogP contribution < -0.4 is 0 Å². The third kappa shape index (κ3) is 7.04. The van der Waals surface area contributed by atoms with Gasteiger partial charge in [-0.2, -0.15) is 5.10 Å². The summed E-state index contributed by atoms with van der Waals surface area (Å²) in [5.74, 6) is 1.62. The van der Waals surface area contributed by atoms with Gasteiger partial charge in [0.2, 0.25) is 0 Å². The van der Waals surface area contributed by atoms with Crippen LogP contribution in [0.1, 0.15) is 35.7 Å². The Balaban J connectivity index is 1.23. The molecule has 0 aliphatic carbocycles. The van der Waals surface area contributed by atoms with Crippen molar-refractivity contribution in [1.29, 1.82) is 0 Å². The molecule has 2 aromatic heterocycles. The van der Waals surface area contributed by atoms with Crippen LogP contribution in [-0.2, 0) is 20.8 Å². The molecule has 0 fully saturated rings. The third-order valence-electron chi connectivity index (χ3n) is 6.73. The lowest BCUT2D eigenvalue weighted by molar-refractivity contribution is 0.0142. The zero-order valence-corrected chi connectivity index (χ0v) is 24.3. The summed E-state index contributed by atoms with van der Waals surface area (Å²) in [6.45, 7) is 7.70. The molecule has 0 radical (unpaired) electrons. The van der Waals surface area contributed by atoms with Gasteiger partial charge in [-0.1, -0.05) is 34.9 Å². The highest BCUT2D eigenvalue weighted by molar-refractivity contribution is 6.30. The number of halogens is 1. The van der Waals surface area contributed by atoms with Crippen molar-refractivity contribution < 1.29 is 14.2 Å². The number of fused-ring (bicyclic) bond motifs is 3. The molecule has 0 amide bonds. The number of hydrogen-bond acceptors (Lipinski definition) is 8. The molecule has 1 aliphatic heterocycles. The summed E-state index contributed by atoms with van der Waals surface area (Å²) in [5.41, 5.74) is 14.1. The maximum atomic E-state index is 8.22. The minimum atomic E-state index is -0.176. The Morgan fingerprint density at radius 3 is 2.40 bits per heavy atom. The fourth-order valence-corrected chi connectivity index (χ4v) is 4.82. The van der Waals surface area contributed by atoms with Gasteiger partial charge in [-0.25, -0.2) is 0 Å². The van der Waals surface area contributed by atoms with Crippen molar-refractivity contribution in [3.8, 4) is 16.8 Å². The van der Waals surface area contributed by atoms with E-state index in [1.807, 2.05) is 55.2 Å². The zero-order valence-electron chi connectivity index (χ0n) is 23.6. The first-order valence-electron chi connectivity index (χ1n) is 13.7. The Labute approximate surface area is 248 Å². The second kappa shape index (κ2) is 14.2. The molecule has 4 aromatic rings. The summed E-state index contributed by atoms with van der Waals surface area (Å²) in [6, 6.07) is 13.9. The molecule has 42 heavy (non-hydrogen) atoms. The quantitative estimate of drug-likeness (QED) is 0.0839. The molecular weight excluding hydrogens is 558 g/mol. The Bertz CT molecular complexity index is 1580. The van der Waals surface area contributed by atoms with Gasteiger partial charge in [0.1, 0.15) is 11.9 Å². The molecule has 1 aliphatic rings. The lowest BCUT2D eigenvalue weighted by Gasteiger charge is -2.14. The normalized spacial score (nSPS) is 14.1. The number of hydrogen-bond donors (Lipinski definition) is 0. The number of nitrogens with zero attached hydrogens (tertiary/aromatic N) is 9. The van der Waals surface area contributed by atoms with Gasteiger partial charge in [0, 0.05) is 39.4 Å². The predicted molar refractivity (Wildman–Crippen MR) is 159 cm³/mol. The molecule has 5 rings (SSSR count). The van der Waals surface area contributed by atoms with E-state index in [9.17, 15) is 0 Å². The molecule has 12 nitrogen and oxygen atoms in total. The van der Waals surface area contributed by atoms with Crippen LogP contribution in [0.5, 0.6) is 0 Å². The predicted octanol–water partition coefficient (Wildman–Crippen LogP) is 5.36. The van der Waals surface area contributed by atoms with E-state index >= 15 is 0 Å². The van der Waals surface area contributed by atoms with Crippen LogP contribution in [0.4, 0.5) is 0 Å². The molecule has 0 N–H and O–H groups in total. The molecule has 0 bridgehead atoms. The summed E-state index contributed by atoms with van der Waals surface area (Å²) >= 11 is 6.19. The number of aliphatic imine (C=N–C) groups is 1. The van der Waals surface area contributed by atoms with Crippen LogP contribution in [-0.4, -0.2) is 76.4 Å². The monoisotopic (exact) mass is 589 g/mol. The van der Waals surface area contributed by atoms with Gasteiger partial charge < -0.3 is 14.2 Å². The maximum absolute atomic E-state index is 8.22. The Morgan fingerprint density at radius 2 is 1.64 bits per heavy atom. The smallest absolute Gasteiger partial charge is 0.162 e. The van der Waals surface area contributed by atoms with E-state index in [0.717, 1.165) is 45.3 Å². The average Bonchev–Trinajstić information content (AvgIpc) is 3.60. The second-order valence-corrected chi connectivity index (χ2v) is 10.1. The van der Waals surface area contributed by atoms with E-state index in [-0.39, 0.29) is 6.04 Å². The van der Waals surface area contributed by atoms with Crippen LogP contribution in [0.3, 0.4) is 0 Å². The first-order chi connectivity index (χ1) is 20.5. The van der Waals surface area contributed by atoms with Crippen molar-refractivity contribution in [3.63, 3.8) is 0 Å². The van der Waals surface area contributed by atoms with Gasteiger partial charge in [0.05, 0.1) is 63.8 Å². The fourth-order valence-electron chi connectivity index (χ4n) is 4.69. The largest absolute Gasteiger partial charge is 0.379 e. The molecule has 2 aromatic carbocycles. The fraction of sp³-hybridized carbons (Fsp3) is 0.379. The van der Waals surface area contributed by atoms with E-state index in [1.54, 1.807) is 0 Å². The Hall–Kier alpha value is -4.06. The van der Waals surface area contributed by atoms with Gasteiger partial charge in [-0.05, 0) is 49.2 Å². The molecular formula is C29H32ClN9O3. The van der Waals surface area contributed by atoms with Crippen molar-refractivity contribution >= 4 is 17.3 Å². The second-order valence-electron chi connectivity index (χ2n) is 9.62. The number of aromatic nitrogens is 5. The van der Waals surface area contributed by atoms with Crippen LogP contribution in [0, 0.1) is 6.92 Å². The van der Waals surface area contributed by atoms with Gasteiger partial charge in [0.15, 0.2) is 5.82 Å². The number of aryl methyl sites for hydroxylation is 1. The molecule has 1 atom stereocenters. The van der Waals surface area contributed by atoms with Crippen molar-refractivity contribution in [2.24, 2.45) is 10.1 Å². The lowest BCUT2D eigenvalue weighted by atomic mass is 9.96. The number of benzene rings is 2. The summed E-state index contributed by atoms with van der Waals surface area (Å²) in [4.78, 5) is 7.76. The number of azide groups is 1. The minimum absolute atomic E-state index is 0.176. The van der Waals surface area contributed by atoms with Crippen LogP contribution >= 0.6 is 11.6 Å². The van der Waals surface area contributed by atoms with Gasteiger partial charge >= 0.3 is 0 Å². The van der Waals surface area contributed by atoms with E-state index in [2.05, 4.69) is 48.1 Å². The van der Waals surface area contributed by atoms with Crippen molar-refractivity contribution in [2.75, 3.05) is 46.2 Å². The van der Waals surface area contributed by atoms with Gasteiger partial charge in [0.25, 0.3) is 0 Å². The van der Waals surface area contributed by atoms with Gasteiger partial charge in [-0.3, -0.25) is 14.2 Å². The van der Waals surface area contributed by atoms with Crippen LogP contribution in [0.2, 0.25) is 5.02 Å². The first kappa shape index (κ1) is 29.4. The highest BCUT2D eigenvalue weighted by Gasteiger charge is 2.26. The van der Waals surface area contributed by atoms with Crippen LogP contribution in [0.15, 0.2) is 65.0 Å². The number of rotatable bonds is 14. The van der Waals surface area contributed by atoms with E-state index in [1.165, 1.54) is 0 Å². The molecule has 0 saturated heterocycles. The highest BCUT2D eigenvalue weighted by atomic mass is 35.5. The molecule has 0 saturated carbocycles. The van der Waals surface area contributed by atoms with E-state index in [4.69, 9.17) is 36.3 Å². The van der Waals surface area contributed by atoms with E-state index in [0.29, 0.717) is 57.8 Å². The summed E-state index contributed by atoms with van der Waals surface area (Å²) in [7, 11) is 0. The third-order valence-corrected chi connectivity index (χ3v) is 6.98. The molecule has 0 spiro atoms. The van der Waals surface area contributed by atoms with Crippen LogP contribution in [0.25, 0.3) is 27.3 Å². The van der Waals surface area contributed by atoms with E-state index < -0.39 is 0 Å². The van der Waals surface area contributed by atoms with Crippen molar-refractivity contribution in [3.05, 3.63) is 93.1 Å². The average molecular weight is 590 g/mol. The van der Waals surface area contributed by atoms with Crippen molar-refractivity contribution in [1.82, 2.24) is 24.5 Å². The lowest BCUT2D eigenvalue weighted by Crippen LogP contribution is -2.12.